The number of esters is 1. The maximum Gasteiger partial charge on any atom is 0.340 e. The van der Waals surface area contributed by atoms with Gasteiger partial charge in [0.05, 0.1) is 17.9 Å². The van der Waals surface area contributed by atoms with Crippen molar-refractivity contribution in [2.45, 2.75) is 25.8 Å². The molecule has 1 fully saturated rings. The van der Waals surface area contributed by atoms with E-state index in [9.17, 15) is 4.79 Å². The molecule has 5 heteroatoms. The molecule has 1 heterocycles. The molecule has 1 aromatic carbocycles. The molecule has 0 amide bonds. The van der Waals surface area contributed by atoms with Crippen LogP contribution in [0.15, 0.2) is 18.2 Å². The van der Waals surface area contributed by atoms with Crippen LogP contribution in [-0.4, -0.2) is 38.9 Å². The lowest BCUT2D eigenvalue weighted by Gasteiger charge is -2.33. The van der Waals surface area contributed by atoms with E-state index < -0.39 is 0 Å². The van der Waals surface area contributed by atoms with E-state index in [0.717, 1.165) is 31.7 Å². The summed E-state index contributed by atoms with van der Waals surface area (Å²) in [5, 5.41) is 0. The van der Waals surface area contributed by atoms with Gasteiger partial charge in [0.2, 0.25) is 0 Å². The Hall–Kier alpha value is -1.75. The molecule has 0 bridgehead atoms. The summed E-state index contributed by atoms with van der Waals surface area (Å²) in [6, 6.07) is 5.76. The molecule has 0 aromatic heterocycles. The zero-order chi connectivity index (χ0) is 14.5. The standard InChI is InChI=1S/C15H22N2O3/c1-3-20-15(18)13-10-11(16)4-5-14(13)17(2)12-6-8-19-9-7-12/h4-5,10,12H,3,6-9,16H2,1-2H3. The van der Waals surface area contributed by atoms with Crippen LogP contribution in [0.2, 0.25) is 0 Å². The normalized spacial score (nSPS) is 15.9. The quantitative estimate of drug-likeness (QED) is 0.674. The lowest BCUT2D eigenvalue weighted by Crippen LogP contribution is -2.37. The van der Waals surface area contributed by atoms with Crippen molar-refractivity contribution in [1.29, 1.82) is 0 Å². The molecule has 0 radical (unpaired) electrons. The summed E-state index contributed by atoms with van der Waals surface area (Å²) in [5.41, 5.74) is 7.75. The Morgan fingerprint density at radius 3 is 2.80 bits per heavy atom. The summed E-state index contributed by atoms with van der Waals surface area (Å²) in [4.78, 5) is 14.2. The zero-order valence-electron chi connectivity index (χ0n) is 12.1. The van der Waals surface area contributed by atoms with E-state index in [0.29, 0.717) is 23.9 Å². The minimum atomic E-state index is -0.325. The summed E-state index contributed by atoms with van der Waals surface area (Å²) in [6.07, 6.45) is 1.92. The molecule has 1 aromatic rings. The average molecular weight is 278 g/mol. The van der Waals surface area contributed by atoms with E-state index in [-0.39, 0.29) is 5.97 Å². The van der Waals surface area contributed by atoms with Gasteiger partial charge in [0.15, 0.2) is 0 Å². The molecule has 0 aliphatic carbocycles. The van der Waals surface area contributed by atoms with Crippen LogP contribution < -0.4 is 10.6 Å². The number of hydrogen-bond acceptors (Lipinski definition) is 5. The molecule has 20 heavy (non-hydrogen) atoms. The van der Waals surface area contributed by atoms with Crippen molar-refractivity contribution in [3.63, 3.8) is 0 Å². The third kappa shape index (κ3) is 3.22. The number of rotatable bonds is 4. The van der Waals surface area contributed by atoms with Gasteiger partial charge in [0.1, 0.15) is 0 Å². The summed E-state index contributed by atoms with van der Waals surface area (Å²) >= 11 is 0. The van der Waals surface area contributed by atoms with Gasteiger partial charge in [0.25, 0.3) is 0 Å². The monoisotopic (exact) mass is 278 g/mol. The van der Waals surface area contributed by atoms with Crippen LogP contribution in [0.25, 0.3) is 0 Å². The van der Waals surface area contributed by atoms with E-state index in [1.165, 1.54) is 0 Å². The Balaban J connectivity index is 2.27. The van der Waals surface area contributed by atoms with Gasteiger partial charge >= 0.3 is 5.97 Å². The molecule has 5 nitrogen and oxygen atoms in total. The maximum atomic E-state index is 12.1. The van der Waals surface area contributed by atoms with E-state index in [2.05, 4.69) is 4.90 Å². The number of anilines is 2. The van der Waals surface area contributed by atoms with E-state index in [1.54, 1.807) is 13.0 Å². The van der Waals surface area contributed by atoms with Crippen molar-refractivity contribution < 1.29 is 14.3 Å². The Labute approximate surface area is 119 Å². The van der Waals surface area contributed by atoms with Crippen LogP contribution in [-0.2, 0) is 9.47 Å². The first-order chi connectivity index (χ1) is 9.63. The highest BCUT2D eigenvalue weighted by atomic mass is 16.5. The fraction of sp³-hybridized carbons (Fsp3) is 0.533. The van der Waals surface area contributed by atoms with Gasteiger partial charge in [-0.2, -0.15) is 0 Å². The number of hydrogen-bond donors (Lipinski definition) is 1. The van der Waals surface area contributed by atoms with Gasteiger partial charge in [-0.05, 0) is 38.0 Å². The molecule has 0 unspecified atom stereocenters. The second-order valence-corrected chi connectivity index (χ2v) is 4.95. The molecular weight excluding hydrogens is 256 g/mol. The lowest BCUT2D eigenvalue weighted by molar-refractivity contribution is 0.0526. The van der Waals surface area contributed by atoms with Gasteiger partial charge in [-0.15, -0.1) is 0 Å². The first-order valence-corrected chi connectivity index (χ1v) is 7.00. The van der Waals surface area contributed by atoms with Gasteiger partial charge in [-0.25, -0.2) is 4.79 Å². The predicted molar refractivity (Wildman–Crippen MR) is 79.1 cm³/mol. The van der Waals surface area contributed by atoms with Gasteiger partial charge in [-0.3, -0.25) is 0 Å². The summed E-state index contributed by atoms with van der Waals surface area (Å²) in [5.74, 6) is -0.325. The topological polar surface area (TPSA) is 64.8 Å². The van der Waals surface area contributed by atoms with Gasteiger partial charge in [0, 0.05) is 32.0 Å². The summed E-state index contributed by atoms with van der Waals surface area (Å²) in [7, 11) is 2.00. The third-order valence-electron chi connectivity index (χ3n) is 3.63. The van der Waals surface area contributed by atoms with Crippen molar-refractivity contribution >= 4 is 17.3 Å². The number of nitrogens with two attached hydrogens (primary N) is 1. The maximum absolute atomic E-state index is 12.1. The molecule has 1 saturated heterocycles. The number of carbonyl (C=O) groups is 1. The Morgan fingerprint density at radius 1 is 1.45 bits per heavy atom. The van der Waals surface area contributed by atoms with Crippen LogP contribution in [0.4, 0.5) is 11.4 Å². The molecule has 1 aliphatic rings. The van der Waals surface area contributed by atoms with E-state index in [1.807, 2.05) is 19.2 Å². The smallest absolute Gasteiger partial charge is 0.340 e. The fourth-order valence-corrected chi connectivity index (χ4v) is 2.50. The van der Waals surface area contributed by atoms with Crippen molar-refractivity contribution in [2.75, 3.05) is 37.5 Å². The van der Waals surface area contributed by atoms with Crippen LogP contribution in [0, 0.1) is 0 Å². The van der Waals surface area contributed by atoms with Crippen LogP contribution in [0.5, 0.6) is 0 Å². The number of benzene rings is 1. The second-order valence-electron chi connectivity index (χ2n) is 4.95. The van der Waals surface area contributed by atoms with Crippen LogP contribution in [0.1, 0.15) is 30.1 Å². The SMILES string of the molecule is CCOC(=O)c1cc(N)ccc1N(C)C1CCOCC1. The summed E-state index contributed by atoms with van der Waals surface area (Å²) < 4.78 is 10.5. The van der Waals surface area contributed by atoms with Crippen LogP contribution >= 0.6 is 0 Å². The molecule has 1 aliphatic heterocycles. The first-order valence-electron chi connectivity index (χ1n) is 7.00. The minimum absolute atomic E-state index is 0.325. The van der Waals surface area contributed by atoms with Crippen LogP contribution in [0.3, 0.4) is 0 Å². The fourth-order valence-electron chi connectivity index (χ4n) is 2.50. The third-order valence-corrected chi connectivity index (χ3v) is 3.63. The van der Waals surface area contributed by atoms with E-state index in [4.69, 9.17) is 15.2 Å². The molecule has 0 atom stereocenters. The molecule has 2 rings (SSSR count). The average Bonchev–Trinajstić information content (AvgIpc) is 2.47. The Bertz CT molecular complexity index is 470. The molecule has 0 spiro atoms. The van der Waals surface area contributed by atoms with Gasteiger partial charge in [-0.1, -0.05) is 0 Å². The highest BCUT2D eigenvalue weighted by Gasteiger charge is 2.23. The van der Waals surface area contributed by atoms with Crippen molar-refractivity contribution in [3.8, 4) is 0 Å². The second kappa shape index (κ2) is 6.61. The highest BCUT2D eigenvalue weighted by Crippen LogP contribution is 2.27. The Morgan fingerprint density at radius 2 is 2.15 bits per heavy atom. The number of nitrogens with zero attached hydrogens (tertiary/aromatic N) is 1. The predicted octanol–water partition coefficient (Wildman–Crippen LogP) is 2.06. The first kappa shape index (κ1) is 14.7. The van der Waals surface area contributed by atoms with E-state index >= 15 is 0 Å². The minimum Gasteiger partial charge on any atom is -0.462 e. The van der Waals surface area contributed by atoms with Crippen molar-refractivity contribution in [3.05, 3.63) is 23.8 Å². The zero-order valence-corrected chi connectivity index (χ0v) is 12.1. The lowest BCUT2D eigenvalue weighted by atomic mass is 10.0. The highest BCUT2D eigenvalue weighted by molar-refractivity contribution is 5.97. The molecule has 2 N–H and O–H groups in total. The van der Waals surface area contributed by atoms with Crippen molar-refractivity contribution in [1.82, 2.24) is 0 Å². The number of nitrogen functional groups attached to an aromatic ring is 1. The molecule has 110 valence electrons. The Kier molecular flexibility index (Phi) is 4.84. The molecular formula is C15H22N2O3. The molecule has 0 saturated carbocycles. The van der Waals surface area contributed by atoms with Crippen molar-refractivity contribution in [2.24, 2.45) is 0 Å². The largest absolute Gasteiger partial charge is 0.462 e. The number of ether oxygens (including phenoxy) is 2. The van der Waals surface area contributed by atoms with Gasteiger partial charge < -0.3 is 20.1 Å². The number of carbonyl (C=O) groups excluding carboxylic acids is 1. The summed E-state index contributed by atoms with van der Waals surface area (Å²) in [6.45, 7) is 3.68.